The summed E-state index contributed by atoms with van der Waals surface area (Å²) in [6.07, 6.45) is 17.8. The van der Waals surface area contributed by atoms with Gasteiger partial charge < -0.3 is 62.2 Å². The van der Waals surface area contributed by atoms with Crippen LogP contribution in [0.1, 0.15) is 161 Å². The van der Waals surface area contributed by atoms with Gasteiger partial charge in [0.15, 0.2) is 11.6 Å². The minimum absolute atomic E-state index is 0.0344. The van der Waals surface area contributed by atoms with Crippen molar-refractivity contribution in [3.63, 3.8) is 0 Å². The highest BCUT2D eigenvalue weighted by molar-refractivity contribution is 5.87. The molecule has 0 bridgehead atoms. The third-order valence-corrected chi connectivity index (χ3v) is 11.5. The summed E-state index contributed by atoms with van der Waals surface area (Å²) in [6.45, 7) is 2.90. The standard InChI is InChI=1S/C48H89N7O14/c1-36(56)45(48(66)67)54-34-41(58)39(50-2)22-18-20-28-53-46(63)38(49)21-17-19-27-51-33-37(57)35-69-32-31-68-30-29-52-42(59)26-25-40(47(64)65)55-43(60)23-15-13-11-9-7-5-3-4-6-8-10-12-14-16-24-44(61)62/h36,38-40,45,50-51,54,56H,3-35,49H2,1-2H3,(H,52,59)(H,53,63)(H,55,60)(H,61,62)(H,64,65)(H,66,67)/t36-,38+,39+,40+,45+/m1/s1. The van der Waals surface area contributed by atoms with Crippen LogP contribution in [-0.2, 0) is 47.8 Å². The quantitative estimate of drug-likeness (QED) is 0.0390. The van der Waals surface area contributed by atoms with Crippen LogP contribution in [0.2, 0.25) is 0 Å². The van der Waals surface area contributed by atoms with Gasteiger partial charge in [0.1, 0.15) is 18.7 Å². The molecule has 0 fully saturated rings. The summed E-state index contributed by atoms with van der Waals surface area (Å²) >= 11 is 0. The predicted molar refractivity (Wildman–Crippen MR) is 260 cm³/mol. The lowest BCUT2D eigenvalue weighted by Gasteiger charge is -2.19. The number of nitrogens with two attached hydrogens (primary N) is 1. The van der Waals surface area contributed by atoms with Gasteiger partial charge in [-0.3, -0.25) is 38.9 Å². The van der Waals surface area contributed by atoms with Crippen LogP contribution < -0.4 is 37.6 Å². The zero-order valence-corrected chi connectivity index (χ0v) is 41.7. The van der Waals surface area contributed by atoms with Crippen molar-refractivity contribution < 1.29 is 68.3 Å². The molecule has 21 heteroatoms. The number of aliphatic hydroxyl groups excluding tert-OH is 1. The number of aliphatic hydroxyl groups is 1. The summed E-state index contributed by atoms with van der Waals surface area (Å²) in [5.74, 6) is -4.48. The van der Waals surface area contributed by atoms with Crippen molar-refractivity contribution >= 4 is 47.2 Å². The lowest BCUT2D eigenvalue weighted by molar-refractivity contribution is -0.143. The van der Waals surface area contributed by atoms with E-state index in [9.17, 15) is 48.6 Å². The van der Waals surface area contributed by atoms with Gasteiger partial charge in [0.25, 0.3) is 0 Å². The van der Waals surface area contributed by atoms with Gasteiger partial charge in [-0.05, 0) is 71.9 Å². The SMILES string of the molecule is CN[C@@H](CCCCNC(=O)[C@@H](N)CCCCNCC(=O)COCCOCCNC(=O)CC[C@H](NC(=O)CCCCCCCCCCCCCCCCC(=O)O)C(=O)O)C(=O)CN[C@H](C(=O)O)[C@@H](C)O. The molecule has 0 saturated heterocycles. The summed E-state index contributed by atoms with van der Waals surface area (Å²) in [5.41, 5.74) is 6.02. The number of carbonyl (C=O) groups is 8. The molecular formula is C48H89N7O14. The first-order valence-corrected chi connectivity index (χ1v) is 25.3. The summed E-state index contributed by atoms with van der Waals surface area (Å²) in [4.78, 5) is 95.0. The molecule has 0 rings (SSSR count). The van der Waals surface area contributed by atoms with Crippen LogP contribution in [0, 0.1) is 0 Å². The molecule has 0 radical (unpaired) electrons. The van der Waals surface area contributed by atoms with E-state index in [2.05, 4.69) is 31.9 Å². The molecule has 69 heavy (non-hydrogen) atoms. The van der Waals surface area contributed by atoms with Crippen molar-refractivity contribution in [2.75, 3.05) is 66.2 Å². The number of unbranched alkanes of at least 4 members (excludes halogenated alkanes) is 15. The number of ketones is 2. The summed E-state index contributed by atoms with van der Waals surface area (Å²) in [5, 5.41) is 53.4. The van der Waals surface area contributed by atoms with E-state index < -0.39 is 48.2 Å². The highest BCUT2D eigenvalue weighted by Gasteiger charge is 2.25. The fraction of sp³-hybridized carbons (Fsp3) is 0.833. The molecule has 0 aliphatic heterocycles. The first kappa shape index (κ1) is 64.9. The van der Waals surface area contributed by atoms with Gasteiger partial charge in [0.2, 0.25) is 17.7 Å². The van der Waals surface area contributed by atoms with Gasteiger partial charge in [0, 0.05) is 32.4 Å². The number of likely N-dealkylation sites (N-methyl/N-ethyl adjacent to an activating group) is 1. The van der Waals surface area contributed by atoms with Crippen molar-refractivity contribution in [3.05, 3.63) is 0 Å². The highest BCUT2D eigenvalue weighted by atomic mass is 16.5. The van der Waals surface area contributed by atoms with E-state index >= 15 is 0 Å². The van der Waals surface area contributed by atoms with Gasteiger partial charge in [-0.25, -0.2) is 4.79 Å². The Morgan fingerprint density at radius 2 is 1.12 bits per heavy atom. The molecule has 0 spiro atoms. The molecule has 21 nitrogen and oxygen atoms in total. The second kappa shape index (κ2) is 43.9. The van der Waals surface area contributed by atoms with Crippen molar-refractivity contribution in [1.29, 1.82) is 0 Å². The van der Waals surface area contributed by atoms with E-state index in [0.717, 1.165) is 44.9 Å². The Morgan fingerprint density at radius 3 is 1.68 bits per heavy atom. The number of Topliss-reactive ketones (excluding diaryl/α,β-unsaturated/α-hetero) is 2. The van der Waals surface area contributed by atoms with Crippen LogP contribution in [0.4, 0.5) is 0 Å². The van der Waals surface area contributed by atoms with Crippen molar-refractivity contribution in [3.8, 4) is 0 Å². The van der Waals surface area contributed by atoms with Gasteiger partial charge in [-0.2, -0.15) is 0 Å². The maximum atomic E-state index is 12.5. The van der Waals surface area contributed by atoms with Crippen LogP contribution in [0.25, 0.3) is 0 Å². The monoisotopic (exact) mass is 988 g/mol. The predicted octanol–water partition coefficient (Wildman–Crippen LogP) is 2.34. The van der Waals surface area contributed by atoms with E-state index in [4.69, 9.17) is 25.4 Å². The topological polar surface area (TPSA) is 334 Å². The average Bonchev–Trinajstić information content (AvgIpc) is 3.30. The van der Waals surface area contributed by atoms with E-state index in [0.29, 0.717) is 58.0 Å². The molecule has 12 N–H and O–H groups in total. The Hall–Kier alpha value is -4.12. The lowest BCUT2D eigenvalue weighted by atomic mass is 10.0. The molecule has 0 aliphatic rings. The Kier molecular flexibility index (Phi) is 41.2. The van der Waals surface area contributed by atoms with Gasteiger partial charge in [0.05, 0.1) is 51.1 Å². The molecule has 0 aliphatic carbocycles. The second-order valence-electron chi connectivity index (χ2n) is 17.7. The molecular weight excluding hydrogens is 899 g/mol. The Labute approximate surface area is 409 Å². The number of aliphatic carboxylic acids is 3. The van der Waals surface area contributed by atoms with Crippen LogP contribution in [-0.4, -0.2) is 164 Å². The first-order valence-electron chi connectivity index (χ1n) is 25.3. The number of hydrogen-bond donors (Lipinski definition) is 11. The maximum Gasteiger partial charge on any atom is 0.326 e. The lowest BCUT2D eigenvalue weighted by Crippen LogP contribution is -2.49. The second-order valence-corrected chi connectivity index (χ2v) is 17.7. The van der Waals surface area contributed by atoms with Gasteiger partial charge in [-0.1, -0.05) is 83.5 Å². The average molecular weight is 988 g/mol. The molecule has 0 aromatic rings. The number of carbonyl (C=O) groups excluding carboxylic acids is 5. The van der Waals surface area contributed by atoms with Crippen LogP contribution in [0.5, 0.6) is 0 Å². The van der Waals surface area contributed by atoms with E-state index in [1.807, 2.05) is 0 Å². The van der Waals surface area contributed by atoms with Crippen molar-refractivity contribution in [2.45, 2.75) is 191 Å². The molecule has 0 unspecified atom stereocenters. The third kappa shape index (κ3) is 39.3. The number of amides is 3. The molecule has 5 atom stereocenters. The third-order valence-electron chi connectivity index (χ3n) is 11.5. The highest BCUT2D eigenvalue weighted by Crippen LogP contribution is 2.14. The van der Waals surface area contributed by atoms with Crippen LogP contribution in [0.15, 0.2) is 0 Å². The number of carboxylic acid groups (broad SMARTS) is 3. The van der Waals surface area contributed by atoms with Crippen molar-refractivity contribution in [2.24, 2.45) is 5.73 Å². The normalized spacial score (nSPS) is 13.4. The fourth-order valence-electron chi connectivity index (χ4n) is 7.34. The smallest absolute Gasteiger partial charge is 0.326 e. The summed E-state index contributed by atoms with van der Waals surface area (Å²) < 4.78 is 10.8. The number of ether oxygens (including phenoxy) is 2. The van der Waals surface area contributed by atoms with Crippen molar-refractivity contribution in [1.82, 2.24) is 31.9 Å². The van der Waals surface area contributed by atoms with Crippen LogP contribution in [0.3, 0.4) is 0 Å². The molecule has 0 heterocycles. The molecule has 400 valence electrons. The first-order chi connectivity index (χ1) is 33.1. The number of nitrogens with one attached hydrogen (secondary N) is 6. The van der Waals surface area contributed by atoms with E-state index in [1.165, 1.54) is 45.4 Å². The summed E-state index contributed by atoms with van der Waals surface area (Å²) in [6, 6.07) is -3.56. The van der Waals surface area contributed by atoms with Gasteiger partial charge in [-0.15, -0.1) is 0 Å². The molecule has 0 saturated carbocycles. The number of hydrogen-bond acceptors (Lipinski definition) is 15. The number of rotatable bonds is 50. The van der Waals surface area contributed by atoms with Gasteiger partial charge >= 0.3 is 17.9 Å². The largest absolute Gasteiger partial charge is 0.481 e. The minimum Gasteiger partial charge on any atom is -0.481 e. The van der Waals surface area contributed by atoms with E-state index in [-0.39, 0.29) is 101 Å². The maximum absolute atomic E-state index is 12.5. The minimum atomic E-state index is -1.24. The molecule has 0 aromatic carbocycles. The summed E-state index contributed by atoms with van der Waals surface area (Å²) in [7, 11) is 1.64. The zero-order valence-electron chi connectivity index (χ0n) is 41.7. The fourth-order valence-corrected chi connectivity index (χ4v) is 7.34. The Bertz CT molecular complexity index is 1440. The van der Waals surface area contributed by atoms with E-state index in [1.54, 1.807) is 7.05 Å². The Morgan fingerprint density at radius 1 is 0.551 bits per heavy atom. The zero-order chi connectivity index (χ0) is 51.5. The molecule has 0 aromatic heterocycles. The molecule has 3 amide bonds. The number of carboxylic acids is 3. The Balaban J connectivity index is 3.81. The van der Waals surface area contributed by atoms with Crippen LogP contribution >= 0.6 is 0 Å².